The summed E-state index contributed by atoms with van der Waals surface area (Å²) in [5, 5.41) is 8.23. The molecule has 3 N–H and O–H groups in total. The molecule has 3 aliphatic rings. The Labute approximate surface area is 180 Å². The first-order chi connectivity index (χ1) is 14.7. The van der Waals surface area contributed by atoms with Crippen LogP contribution < -0.4 is 16.0 Å². The maximum absolute atomic E-state index is 11.0. The molecule has 2 aliphatic heterocycles. The average molecular weight is 417 g/mol. The van der Waals surface area contributed by atoms with Gasteiger partial charge in [-0.3, -0.25) is 19.7 Å². The first kappa shape index (κ1) is 23.8. The number of nitrogens with zero attached hydrogens (tertiary/aromatic N) is 3. The Bertz CT molecular complexity index is 641. The number of amides is 1. The van der Waals surface area contributed by atoms with E-state index in [-0.39, 0.29) is 12.5 Å². The van der Waals surface area contributed by atoms with Crippen LogP contribution >= 0.6 is 0 Å². The number of guanidine groups is 1. The van der Waals surface area contributed by atoms with Gasteiger partial charge in [0.2, 0.25) is 11.9 Å². The summed E-state index contributed by atoms with van der Waals surface area (Å²) in [6.45, 7) is 7.27. The number of rotatable bonds is 5. The number of carbonyl (C=O) groups excluding carboxylic acids is 1. The topological polar surface area (TPSA) is 90.3 Å². The van der Waals surface area contributed by atoms with Crippen LogP contribution in [0.2, 0.25) is 0 Å². The van der Waals surface area contributed by atoms with E-state index in [1.165, 1.54) is 63.4 Å². The molecule has 0 bridgehead atoms. The highest BCUT2D eigenvalue weighted by Gasteiger charge is 2.12. The number of carbonyl (C=O) groups is 1. The molecule has 30 heavy (non-hydrogen) atoms. The first-order valence-corrected chi connectivity index (χ1v) is 10.8. The van der Waals surface area contributed by atoms with Gasteiger partial charge in [0.15, 0.2) is 0 Å². The SMILES string of the molecule is CC1C=C(CN2CCCCC2)C=CC1.COCCN=C1NC=NCC(=O)N/C=C/N1. The average Bonchev–Trinajstić information content (AvgIpc) is 2.75. The molecule has 1 fully saturated rings. The van der Waals surface area contributed by atoms with Crippen molar-refractivity contribution in [1.82, 2.24) is 20.9 Å². The maximum atomic E-state index is 11.0. The molecule has 1 unspecified atom stereocenters. The molecule has 1 saturated heterocycles. The first-order valence-electron chi connectivity index (χ1n) is 10.8. The molecule has 3 rings (SSSR count). The minimum absolute atomic E-state index is 0.0860. The number of allylic oxidation sites excluding steroid dienone is 2. The van der Waals surface area contributed by atoms with Crippen molar-refractivity contribution in [3.8, 4) is 0 Å². The van der Waals surface area contributed by atoms with Crippen LogP contribution in [-0.4, -0.2) is 69.5 Å². The van der Waals surface area contributed by atoms with Crippen LogP contribution in [-0.2, 0) is 9.53 Å². The summed E-state index contributed by atoms with van der Waals surface area (Å²) in [5.41, 5.74) is 1.53. The fourth-order valence-corrected chi connectivity index (χ4v) is 3.32. The standard InChI is InChI=1S/C13H21N.C9H15N5O2/c1-12-6-5-7-13(10-12)11-14-8-3-2-4-9-14;1-16-5-4-13-9-12-3-2-11-8(15)6-10-7-14-9/h5,7,10,12H,2-4,6,8-9,11H2,1H3;2-3,7H,4-6H2,1H3,(H,11,15)(H2,10,12,13,14)/b;3-2+. The second-order valence-corrected chi connectivity index (χ2v) is 7.58. The van der Waals surface area contributed by atoms with E-state index in [4.69, 9.17) is 4.74 Å². The van der Waals surface area contributed by atoms with E-state index < -0.39 is 0 Å². The number of ether oxygens (including phenoxy) is 1. The van der Waals surface area contributed by atoms with E-state index in [0.717, 1.165) is 5.92 Å². The van der Waals surface area contributed by atoms with Crippen LogP contribution in [0.3, 0.4) is 0 Å². The molecular formula is C22H36N6O2. The fraction of sp³-hybridized carbons (Fsp3) is 0.591. The predicted octanol–water partition coefficient (Wildman–Crippen LogP) is 1.79. The monoisotopic (exact) mass is 416 g/mol. The highest BCUT2D eigenvalue weighted by Crippen LogP contribution is 2.18. The van der Waals surface area contributed by atoms with Crippen molar-refractivity contribution in [2.24, 2.45) is 15.9 Å². The normalized spacial score (nSPS) is 24.6. The summed E-state index contributed by atoms with van der Waals surface area (Å²) in [6, 6.07) is 0. The molecule has 0 aromatic heterocycles. The molecule has 1 aliphatic carbocycles. The third kappa shape index (κ3) is 10.4. The number of piperidine rings is 1. The largest absolute Gasteiger partial charge is 0.383 e. The van der Waals surface area contributed by atoms with E-state index in [1.807, 2.05) is 0 Å². The Morgan fingerprint density at radius 2 is 2.00 bits per heavy atom. The number of methoxy groups -OCH3 is 1. The summed E-state index contributed by atoms with van der Waals surface area (Å²) in [7, 11) is 1.62. The maximum Gasteiger partial charge on any atom is 0.245 e. The van der Waals surface area contributed by atoms with Crippen LogP contribution in [0.1, 0.15) is 32.6 Å². The van der Waals surface area contributed by atoms with Gasteiger partial charge < -0.3 is 20.7 Å². The van der Waals surface area contributed by atoms with Crippen molar-refractivity contribution in [3.63, 3.8) is 0 Å². The molecule has 2 heterocycles. The van der Waals surface area contributed by atoms with Gasteiger partial charge in [-0.05, 0) is 43.8 Å². The lowest BCUT2D eigenvalue weighted by atomic mass is 9.97. The van der Waals surface area contributed by atoms with Crippen LogP contribution in [0, 0.1) is 5.92 Å². The second-order valence-electron chi connectivity index (χ2n) is 7.58. The summed E-state index contributed by atoms with van der Waals surface area (Å²) >= 11 is 0. The number of hydrogen-bond acceptors (Lipinski definition) is 5. The van der Waals surface area contributed by atoms with Crippen molar-refractivity contribution >= 4 is 18.2 Å². The van der Waals surface area contributed by atoms with Gasteiger partial charge >= 0.3 is 0 Å². The molecule has 8 nitrogen and oxygen atoms in total. The zero-order chi connectivity index (χ0) is 21.4. The molecule has 0 saturated carbocycles. The van der Waals surface area contributed by atoms with Crippen LogP contribution in [0.15, 0.2) is 46.2 Å². The van der Waals surface area contributed by atoms with Gasteiger partial charge in [-0.2, -0.15) is 0 Å². The fourth-order valence-electron chi connectivity index (χ4n) is 3.32. The van der Waals surface area contributed by atoms with Crippen LogP contribution in [0.25, 0.3) is 0 Å². The van der Waals surface area contributed by atoms with Gasteiger partial charge in [-0.15, -0.1) is 0 Å². The van der Waals surface area contributed by atoms with E-state index in [2.05, 4.69) is 56.0 Å². The number of hydrogen-bond donors (Lipinski definition) is 3. The van der Waals surface area contributed by atoms with Gasteiger partial charge in [-0.25, -0.2) is 0 Å². The molecule has 0 aromatic rings. The van der Waals surface area contributed by atoms with Gasteiger partial charge in [0.05, 0.1) is 19.5 Å². The minimum Gasteiger partial charge on any atom is -0.383 e. The molecule has 0 radical (unpaired) electrons. The quantitative estimate of drug-likeness (QED) is 0.595. The van der Waals surface area contributed by atoms with Gasteiger partial charge in [-0.1, -0.05) is 31.6 Å². The summed E-state index contributed by atoms with van der Waals surface area (Å²) in [4.78, 5) is 21.6. The Morgan fingerprint density at radius 3 is 2.77 bits per heavy atom. The van der Waals surface area contributed by atoms with Gasteiger partial charge in [0.1, 0.15) is 6.54 Å². The van der Waals surface area contributed by atoms with Crippen LogP contribution in [0.5, 0.6) is 0 Å². The van der Waals surface area contributed by atoms with Crippen molar-refractivity contribution < 1.29 is 9.53 Å². The summed E-state index contributed by atoms with van der Waals surface area (Å²) < 4.78 is 4.88. The lowest BCUT2D eigenvalue weighted by molar-refractivity contribution is -0.118. The molecular weight excluding hydrogens is 380 g/mol. The van der Waals surface area contributed by atoms with E-state index in [9.17, 15) is 4.79 Å². The van der Waals surface area contributed by atoms with Crippen molar-refractivity contribution in [3.05, 3.63) is 36.2 Å². The lowest BCUT2D eigenvalue weighted by Gasteiger charge is -2.27. The minimum atomic E-state index is -0.170. The van der Waals surface area contributed by atoms with Crippen LogP contribution in [0.4, 0.5) is 0 Å². The lowest BCUT2D eigenvalue weighted by Crippen LogP contribution is -2.35. The Kier molecular flexibility index (Phi) is 11.5. The van der Waals surface area contributed by atoms with Crippen molar-refractivity contribution in [2.45, 2.75) is 32.6 Å². The Hall–Kier alpha value is -2.45. The number of aliphatic imine (C=N–C) groups is 2. The third-order valence-electron chi connectivity index (χ3n) is 4.83. The van der Waals surface area contributed by atoms with Gasteiger partial charge in [0.25, 0.3) is 0 Å². The molecule has 1 amide bonds. The Morgan fingerprint density at radius 1 is 1.20 bits per heavy atom. The smallest absolute Gasteiger partial charge is 0.245 e. The number of likely N-dealkylation sites (tertiary alicyclic amines) is 1. The van der Waals surface area contributed by atoms with Crippen molar-refractivity contribution in [2.75, 3.05) is 46.4 Å². The predicted molar refractivity (Wildman–Crippen MR) is 122 cm³/mol. The van der Waals surface area contributed by atoms with Gasteiger partial charge in [0, 0.05) is 26.1 Å². The van der Waals surface area contributed by atoms with Crippen molar-refractivity contribution in [1.29, 1.82) is 0 Å². The van der Waals surface area contributed by atoms with E-state index in [0.29, 0.717) is 19.1 Å². The summed E-state index contributed by atoms with van der Waals surface area (Å²) in [5.74, 6) is 1.13. The highest BCUT2D eigenvalue weighted by molar-refractivity contribution is 5.91. The molecule has 0 aromatic carbocycles. The third-order valence-corrected chi connectivity index (χ3v) is 4.83. The molecule has 0 spiro atoms. The zero-order valence-electron chi connectivity index (χ0n) is 18.3. The summed E-state index contributed by atoms with van der Waals surface area (Å²) in [6.07, 6.45) is 17.0. The molecule has 8 heteroatoms. The zero-order valence-corrected chi connectivity index (χ0v) is 18.3. The second kappa shape index (κ2) is 14.5. The number of nitrogens with one attached hydrogen (secondary N) is 3. The van der Waals surface area contributed by atoms with E-state index in [1.54, 1.807) is 13.3 Å². The highest BCUT2D eigenvalue weighted by atomic mass is 16.5. The molecule has 1 atom stereocenters. The molecule has 166 valence electrons. The van der Waals surface area contributed by atoms with E-state index >= 15 is 0 Å². The Balaban J connectivity index is 0.000000215.